The van der Waals surface area contributed by atoms with Gasteiger partial charge in [0.25, 0.3) is 11.6 Å². The molecule has 0 bridgehead atoms. The van der Waals surface area contributed by atoms with Crippen molar-refractivity contribution >= 4 is 23.0 Å². The zero-order chi connectivity index (χ0) is 17.9. The summed E-state index contributed by atoms with van der Waals surface area (Å²) in [5.41, 5.74) is -1.21. The van der Waals surface area contributed by atoms with Crippen LogP contribution in [0.2, 0.25) is 0 Å². The summed E-state index contributed by atoms with van der Waals surface area (Å²) in [6.07, 6.45) is 0. The highest BCUT2D eigenvalue weighted by atomic mass is 16.6. The van der Waals surface area contributed by atoms with Gasteiger partial charge in [0.05, 0.1) is 35.8 Å². The Balaban J connectivity index is 2.35. The second kappa shape index (κ2) is 6.60. The van der Waals surface area contributed by atoms with Crippen LogP contribution in [0.25, 0.3) is 0 Å². The number of nitro benzene ring substituents is 1. The number of nitrogens with zero attached hydrogens (tertiary/aromatic N) is 3. The number of aromatic nitrogens is 2. The Morgan fingerprint density at radius 1 is 1.21 bits per heavy atom. The number of carbonyl (C=O) groups is 1. The van der Waals surface area contributed by atoms with Gasteiger partial charge in [0.15, 0.2) is 0 Å². The number of ether oxygens (including phenoxy) is 2. The molecule has 0 spiro atoms. The van der Waals surface area contributed by atoms with Crippen LogP contribution in [0, 0.1) is 20.2 Å². The summed E-state index contributed by atoms with van der Waals surface area (Å²) in [6, 6.07) is 3.51. The van der Waals surface area contributed by atoms with E-state index in [1.807, 2.05) is 0 Å². The first-order chi connectivity index (χ1) is 11.4. The smallest absolute Gasteiger partial charge is 0.362 e. The monoisotopic (exact) mass is 337 g/mol. The molecule has 24 heavy (non-hydrogen) atoms. The van der Waals surface area contributed by atoms with Gasteiger partial charge in [0.1, 0.15) is 5.75 Å². The third kappa shape index (κ3) is 3.06. The van der Waals surface area contributed by atoms with Crippen LogP contribution >= 0.6 is 0 Å². The SMILES string of the molecule is COc1cc([N+](=O)[O-])ccc1NC(=O)c1[nH]nc(OC)c1[N+](=O)[O-]. The molecule has 0 fully saturated rings. The predicted molar refractivity (Wildman–Crippen MR) is 79.4 cm³/mol. The first kappa shape index (κ1) is 16.7. The highest BCUT2D eigenvalue weighted by Gasteiger charge is 2.30. The second-order valence-corrected chi connectivity index (χ2v) is 4.31. The molecule has 0 unspecified atom stereocenters. The maximum Gasteiger partial charge on any atom is 0.362 e. The molecule has 0 saturated heterocycles. The Labute approximate surface area is 133 Å². The van der Waals surface area contributed by atoms with Crippen LogP contribution < -0.4 is 14.8 Å². The lowest BCUT2D eigenvalue weighted by molar-refractivity contribution is -0.386. The number of anilines is 1. The van der Waals surface area contributed by atoms with Gasteiger partial charge in [0.2, 0.25) is 5.69 Å². The molecule has 1 amide bonds. The largest absolute Gasteiger partial charge is 0.494 e. The van der Waals surface area contributed by atoms with Crippen LogP contribution in [0.4, 0.5) is 17.1 Å². The molecule has 0 aliphatic carbocycles. The Morgan fingerprint density at radius 2 is 1.92 bits per heavy atom. The minimum absolute atomic E-state index is 0.0201. The van der Waals surface area contributed by atoms with Gasteiger partial charge < -0.3 is 14.8 Å². The number of H-pyrrole nitrogens is 1. The van der Waals surface area contributed by atoms with E-state index in [1.54, 1.807) is 0 Å². The van der Waals surface area contributed by atoms with Crippen molar-refractivity contribution in [3.63, 3.8) is 0 Å². The fourth-order valence-electron chi connectivity index (χ4n) is 1.87. The molecular formula is C12H11N5O7. The van der Waals surface area contributed by atoms with Gasteiger partial charge in [-0.05, 0) is 6.07 Å². The normalized spacial score (nSPS) is 10.1. The lowest BCUT2D eigenvalue weighted by Crippen LogP contribution is -2.15. The molecule has 12 nitrogen and oxygen atoms in total. The van der Waals surface area contributed by atoms with E-state index in [2.05, 4.69) is 15.5 Å². The van der Waals surface area contributed by atoms with E-state index in [-0.39, 0.29) is 23.0 Å². The Kier molecular flexibility index (Phi) is 4.58. The fraction of sp³-hybridized carbons (Fsp3) is 0.167. The maximum absolute atomic E-state index is 12.2. The van der Waals surface area contributed by atoms with Gasteiger partial charge in [0, 0.05) is 6.07 Å². The van der Waals surface area contributed by atoms with Crippen LogP contribution in [0.1, 0.15) is 10.5 Å². The van der Waals surface area contributed by atoms with Gasteiger partial charge in [-0.2, -0.15) is 0 Å². The molecule has 0 atom stereocenters. The number of aromatic amines is 1. The van der Waals surface area contributed by atoms with Gasteiger partial charge in [-0.1, -0.05) is 0 Å². The zero-order valence-electron chi connectivity index (χ0n) is 12.4. The van der Waals surface area contributed by atoms with E-state index in [1.165, 1.54) is 20.3 Å². The number of non-ortho nitro benzene ring substituents is 1. The lowest BCUT2D eigenvalue weighted by Gasteiger charge is -2.09. The molecule has 12 heteroatoms. The molecule has 0 aliphatic heterocycles. The number of nitro groups is 2. The molecule has 1 heterocycles. The minimum atomic E-state index is -0.885. The van der Waals surface area contributed by atoms with Crippen molar-refractivity contribution in [1.82, 2.24) is 10.2 Å². The number of hydrogen-bond acceptors (Lipinski definition) is 8. The number of nitrogens with one attached hydrogen (secondary N) is 2. The molecule has 1 aromatic carbocycles. The summed E-state index contributed by atoms with van der Waals surface area (Å²) < 4.78 is 9.68. The van der Waals surface area contributed by atoms with E-state index in [0.29, 0.717) is 0 Å². The van der Waals surface area contributed by atoms with E-state index in [4.69, 9.17) is 9.47 Å². The highest BCUT2D eigenvalue weighted by Crippen LogP contribution is 2.31. The van der Waals surface area contributed by atoms with Crippen LogP contribution in [0.15, 0.2) is 18.2 Å². The van der Waals surface area contributed by atoms with Crippen molar-refractivity contribution in [2.75, 3.05) is 19.5 Å². The molecule has 0 aliphatic rings. The Bertz CT molecular complexity index is 816. The van der Waals surface area contributed by atoms with Crippen molar-refractivity contribution in [3.8, 4) is 11.6 Å². The molecule has 0 radical (unpaired) electrons. The predicted octanol–water partition coefficient (Wildman–Crippen LogP) is 1.50. The van der Waals surface area contributed by atoms with E-state index in [9.17, 15) is 25.0 Å². The first-order valence-corrected chi connectivity index (χ1v) is 6.29. The van der Waals surface area contributed by atoms with E-state index < -0.39 is 27.1 Å². The second-order valence-electron chi connectivity index (χ2n) is 4.31. The number of methoxy groups -OCH3 is 2. The van der Waals surface area contributed by atoms with Gasteiger partial charge in [-0.3, -0.25) is 30.1 Å². The summed E-state index contributed by atoms with van der Waals surface area (Å²) in [5, 5.41) is 29.9. The first-order valence-electron chi connectivity index (χ1n) is 6.29. The highest BCUT2D eigenvalue weighted by molar-refractivity contribution is 6.06. The van der Waals surface area contributed by atoms with Gasteiger partial charge in [-0.25, -0.2) is 0 Å². The molecule has 2 N–H and O–H groups in total. The van der Waals surface area contributed by atoms with Gasteiger partial charge >= 0.3 is 11.6 Å². The van der Waals surface area contributed by atoms with Gasteiger partial charge in [-0.15, -0.1) is 5.10 Å². The fourth-order valence-corrected chi connectivity index (χ4v) is 1.87. The third-order valence-electron chi connectivity index (χ3n) is 2.96. The minimum Gasteiger partial charge on any atom is -0.494 e. The summed E-state index contributed by atoms with van der Waals surface area (Å²) >= 11 is 0. The van der Waals surface area contributed by atoms with Crippen molar-refractivity contribution in [2.24, 2.45) is 0 Å². The van der Waals surface area contributed by atoms with Crippen molar-refractivity contribution in [3.05, 3.63) is 44.1 Å². The summed E-state index contributed by atoms with van der Waals surface area (Å²) in [5.74, 6) is -1.21. The number of hydrogen-bond donors (Lipinski definition) is 2. The molecule has 2 aromatic rings. The van der Waals surface area contributed by atoms with Crippen molar-refractivity contribution in [2.45, 2.75) is 0 Å². The summed E-state index contributed by atoms with van der Waals surface area (Å²) in [6.45, 7) is 0. The molecular weight excluding hydrogens is 326 g/mol. The average Bonchev–Trinajstić information content (AvgIpc) is 2.99. The van der Waals surface area contributed by atoms with Crippen LogP contribution in [-0.2, 0) is 0 Å². The molecule has 1 aromatic heterocycles. The summed E-state index contributed by atoms with van der Waals surface area (Å²) in [4.78, 5) is 32.6. The lowest BCUT2D eigenvalue weighted by atomic mass is 10.2. The van der Waals surface area contributed by atoms with Crippen molar-refractivity contribution in [1.29, 1.82) is 0 Å². The topological polar surface area (TPSA) is 163 Å². The van der Waals surface area contributed by atoms with Crippen molar-refractivity contribution < 1.29 is 24.1 Å². The van der Waals surface area contributed by atoms with E-state index >= 15 is 0 Å². The van der Waals surface area contributed by atoms with Crippen LogP contribution in [0.5, 0.6) is 11.6 Å². The van der Waals surface area contributed by atoms with Crippen LogP contribution in [-0.4, -0.2) is 40.2 Å². The van der Waals surface area contributed by atoms with E-state index in [0.717, 1.165) is 12.1 Å². The average molecular weight is 337 g/mol. The number of carbonyl (C=O) groups excluding carboxylic acids is 1. The molecule has 0 saturated carbocycles. The Hall–Kier alpha value is -3.70. The Morgan fingerprint density at radius 3 is 2.46 bits per heavy atom. The quantitative estimate of drug-likeness (QED) is 0.591. The standard InChI is InChI=1S/C12H11N5O7/c1-23-8-5-6(16(19)20)3-4-7(8)13-11(18)9-10(17(21)22)12(24-2)15-14-9/h3-5H,1-2H3,(H,13,18)(H,14,15). The van der Waals surface area contributed by atoms with Crippen LogP contribution in [0.3, 0.4) is 0 Å². The number of rotatable bonds is 6. The third-order valence-corrected chi connectivity index (χ3v) is 2.96. The number of amides is 1. The zero-order valence-corrected chi connectivity index (χ0v) is 12.4. The molecule has 126 valence electrons. The molecule has 2 rings (SSSR count). The number of benzene rings is 1. The maximum atomic E-state index is 12.2. The summed E-state index contributed by atoms with van der Waals surface area (Å²) in [7, 11) is 2.43.